The Morgan fingerprint density at radius 1 is 1.14 bits per heavy atom. The molecule has 2 aliphatic heterocycles. The van der Waals surface area contributed by atoms with Gasteiger partial charge in [-0.25, -0.2) is 9.97 Å². The van der Waals surface area contributed by atoms with Crippen LogP contribution in [0.4, 0.5) is 5.82 Å². The quantitative estimate of drug-likeness (QED) is 0.508. The highest BCUT2D eigenvalue weighted by atomic mass is 35.5. The molecule has 1 aromatic carbocycles. The molecule has 3 fully saturated rings. The Hall–Kier alpha value is -2.19. The number of aryl methyl sites for hydroxylation is 1. The average Bonchev–Trinajstić information content (AvgIpc) is 3.74. The molecular formula is C29H41ClN6O. The summed E-state index contributed by atoms with van der Waals surface area (Å²) in [5.41, 5.74) is 3.85. The van der Waals surface area contributed by atoms with E-state index < -0.39 is 0 Å². The van der Waals surface area contributed by atoms with Gasteiger partial charge in [0, 0.05) is 55.9 Å². The number of rotatable bonds is 9. The zero-order valence-electron chi connectivity index (χ0n) is 22.2. The zero-order valence-corrected chi connectivity index (χ0v) is 23.0. The molecular weight excluding hydrogens is 484 g/mol. The molecule has 2 aromatic rings. The summed E-state index contributed by atoms with van der Waals surface area (Å²) in [5.74, 6) is 1.00. The molecule has 7 nitrogen and oxygen atoms in total. The van der Waals surface area contributed by atoms with Crippen molar-refractivity contribution < 1.29 is 5.11 Å². The second kappa shape index (κ2) is 11.7. The molecule has 5 rings (SSSR count). The minimum absolute atomic E-state index is 0.0390. The molecule has 3 heterocycles. The molecule has 0 amide bonds. The number of halogens is 1. The van der Waals surface area contributed by atoms with E-state index in [4.69, 9.17) is 21.6 Å². The molecule has 8 heteroatoms. The van der Waals surface area contributed by atoms with Crippen molar-refractivity contribution in [2.24, 2.45) is 0 Å². The van der Waals surface area contributed by atoms with Crippen LogP contribution in [0.3, 0.4) is 0 Å². The van der Waals surface area contributed by atoms with Crippen molar-refractivity contribution in [2.75, 3.05) is 44.2 Å². The van der Waals surface area contributed by atoms with Gasteiger partial charge in [-0.2, -0.15) is 0 Å². The topological polar surface area (TPSA) is 67.8 Å². The molecule has 0 unspecified atom stereocenters. The predicted octanol–water partition coefficient (Wildman–Crippen LogP) is 4.26. The number of hydrogen-bond donors (Lipinski definition) is 2. The van der Waals surface area contributed by atoms with E-state index in [-0.39, 0.29) is 12.6 Å². The summed E-state index contributed by atoms with van der Waals surface area (Å²) in [5, 5.41) is 14.3. The number of piperidine rings is 1. The largest absolute Gasteiger partial charge is 0.394 e. The van der Waals surface area contributed by atoms with Gasteiger partial charge in [-0.05, 0) is 56.7 Å². The SMILES string of the molecule is C=C(NC1CC1)c1cnc(N2CCN(C3CCN([C@@H](CO)c4ccc(Cl)cc4)CC3)[C@@H](CC)C2)c(C)n1. The van der Waals surface area contributed by atoms with Gasteiger partial charge in [-0.3, -0.25) is 9.80 Å². The van der Waals surface area contributed by atoms with Crippen molar-refractivity contribution in [1.82, 2.24) is 25.1 Å². The van der Waals surface area contributed by atoms with Crippen molar-refractivity contribution >= 4 is 23.1 Å². The van der Waals surface area contributed by atoms with E-state index in [2.05, 4.69) is 40.4 Å². The van der Waals surface area contributed by atoms with Crippen molar-refractivity contribution in [3.8, 4) is 0 Å². The molecule has 2 atom stereocenters. The first-order valence-electron chi connectivity index (χ1n) is 13.9. The van der Waals surface area contributed by atoms with Crippen LogP contribution in [0.5, 0.6) is 0 Å². The van der Waals surface area contributed by atoms with Crippen LogP contribution in [0.25, 0.3) is 5.70 Å². The first-order valence-corrected chi connectivity index (χ1v) is 14.2. The molecule has 2 saturated heterocycles. The maximum atomic E-state index is 10.1. The molecule has 1 saturated carbocycles. The Labute approximate surface area is 226 Å². The maximum Gasteiger partial charge on any atom is 0.150 e. The first-order chi connectivity index (χ1) is 18.0. The minimum Gasteiger partial charge on any atom is -0.394 e. The predicted molar refractivity (Wildman–Crippen MR) is 151 cm³/mol. The van der Waals surface area contributed by atoms with Crippen molar-refractivity contribution in [3.63, 3.8) is 0 Å². The van der Waals surface area contributed by atoms with Crippen LogP contribution >= 0.6 is 11.6 Å². The molecule has 37 heavy (non-hydrogen) atoms. The molecule has 0 bridgehead atoms. The first kappa shape index (κ1) is 26.4. The summed E-state index contributed by atoms with van der Waals surface area (Å²) >= 11 is 6.08. The van der Waals surface area contributed by atoms with Crippen molar-refractivity contribution in [1.29, 1.82) is 0 Å². The lowest BCUT2D eigenvalue weighted by atomic mass is 9.96. The van der Waals surface area contributed by atoms with Gasteiger partial charge in [0.2, 0.25) is 0 Å². The summed E-state index contributed by atoms with van der Waals surface area (Å²) in [4.78, 5) is 17.3. The highest BCUT2D eigenvalue weighted by Crippen LogP contribution is 2.30. The van der Waals surface area contributed by atoms with E-state index in [0.717, 1.165) is 85.5 Å². The number of aliphatic hydroxyl groups excluding tert-OH is 1. The summed E-state index contributed by atoms with van der Waals surface area (Å²) in [6, 6.07) is 9.60. The highest BCUT2D eigenvalue weighted by molar-refractivity contribution is 6.30. The number of hydrogen-bond acceptors (Lipinski definition) is 7. The lowest BCUT2D eigenvalue weighted by molar-refractivity contribution is 0.0356. The van der Waals surface area contributed by atoms with E-state index in [1.807, 2.05) is 30.5 Å². The number of anilines is 1. The molecule has 2 N–H and O–H groups in total. The van der Waals surface area contributed by atoms with Crippen LogP contribution in [0.2, 0.25) is 5.02 Å². The highest BCUT2D eigenvalue weighted by Gasteiger charge is 2.35. The lowest BCUT2D eigenvalue weighted by Gasteiger charge is -2.48. The molecule has 0 radical (unpaired) electrons. The molecule has 1 aromatic heterocycles. The Morgan fingerprint density at radius 3 is 2.49 bits per heavy atom. The number of piperazine rings is 1. The van der Waals surface area contributed by atoms with Gasteiger partial charge < -0.3 is 15.3 Å². The average molecular weight is 525 g/mol. The number of aliphatic hydroxyl groups is 1. The molecule has 3 aliphatic rings. The Bertz CT molecular complexity index is 1070. The van der Waals surface area contributed by atoms with E-state index in [0.29, 0.717) is 18.1 Å². The van der Waals surface area contributed by atoms with E-state index in [1.165, 1.54) is 12.8 Å². The standard InChI is InChI=1S/C29H41ClN6O/c1-4-25-18-35(29-21(3)33-27(17-31-29)20(2)32-24-9-10-24)15-16-36(25)26-11-13-34(14-12-26)28(19-37)22-5-7-23(30)8-6-22/h5-8,17,24-26,28,32,37H,2,4,9-16,18-19H2,1,3H3/t25-,28-/m0/s1. The van der Waals surface area contributed by atoms with Gasteiger partial charge in [0.15, 0.2) is 0 Å². The Balaban J connectivity index is 1.18. The monoisotopic (exact) mass is 524 g/mol. The lowest BCUT2D eigenvalue weighted by Crippen LogP contribution is -2.58. The van der Waals surface area contributed by atoms with Crippen LogP contribution in [-0.4, -0.2) is 82.3 Å². The second-order valence-corrected chi connectivity index (χ2v) is 11.3. The van der Waals surface area contributed by atoms with E-state index in [1.54, 1.807) is 0 Å². The normalized spacial score (nSPS) is 22.7. The fraction of sp³-hybridized carbons (Fsp3) is 0.586. The Morgan fingerprint density at radius 2 is 1.86 bits per heavy atom. The van der Waals surface area contributed by atoms with Crippen molar-refractivity contribution in [3.05, 3.63) is 59.0 Å². The number of nitrogens with one attached hydrogen (secondary N) is 1. The summed E-state index contributed by atoms with van der Waals surface area (Å²) < 4.78 is 0. The fourth-order valence-corrected chi connectivity index (χ4v) is 6.16. The van der Waals surface area contributed by atoms with Gasteiger partial charge in [-0.15, -0.1) is 0 Å². The Kier molecular flexibility index (Phi) is 8.34. The number of nitrogens with zero attached hydrogens (tertiary/aromatic N) is 5. The third kappa shape index (κ3) is 6.11. The van der Waals surface area contributed by atoms with Crippen LogP contribution in [0.15, 0.2) is 37.0 Å². The van der Waals surface area contributed by atoms with Crippen LogP contribution < -0.4 is 10.2 Å². The molecule has 200 valence electrons. The van der Waals surface area contributed by atoms with Crippen LogP contribution in [0, 0.1) is 6.92 Å². The van der Waals surface area contributed by atoms with Crippen LogP contribution in [0.1, 0.15) is 62.0 Å². The van der Waals surface area contributed by atoms with Gasteiger partial charge in [0.25, 0.3) is 0 Å². The number of likely N-dealkylation sites (tertiary alicyclic amines) is 1. The summed E-state index contributed by atoms with van der Waals surface area (Å²) in [7, 11) is 0. The molecule has 0 spiro atoms. The van der Waals surface area contributed by atoms with Gasteiger partial charge in [-0.1, -0.05) is 37.2 Å². The van der Waals surface area contributed by atoms with Gasteiger partial charge in [0.05, 0.1) is 30.2 Å². The summed E-state index contributed by atoms with van der Waals surface area (Å²) in [6.07, 6.45) is 7.69. The third-order valence-electron chi connectivity index (χ3n) is 8.32. The number of aromatic nitrogens is 2. The number of benzene rings is 1. The fourth-order valence-electron chi connectivity index (χ4n) is 6.03. The third-order valence-corrected chi connectivity index (χ3v) is 8.57. The minimum atomic E-state index is 0.0390. The van der Waals surface area contributed by atoms with E-state index >= 15 is 0 Å². The van der Waals surface area contributed by atoms with Gasteiger partial charge >= 0.3 is 0 Å². The smallest absolute Gasteiger partial charge is 0.150 e. The van der Waals surface area contributed by atoms with E-state index in [9.17, 15) is 5.11 Å². The molecule has 1 aliphatic carbocycles. The van der Waals surface area contributed by atoms with Crippen molar-refractivity contribution in [2.45, 2.75) is 70.1 Å². The maximum absolute atomic E-state index is 10.1. The van der Waals surface area contributed by atoms with Gasteiger partial charge in [0.1, 0.15) is 11.5 Å². The van der Waals surface area contributed by atoms with Crippen LogP contribution in [-0.2, 0) is 0 Å². The second-order valence-electron chi connectivity index (χ2n) is 10.8. The zero-order chi connectivity index (χ0) is 25.9. The summed E-state index contributed by atoms with van der Waals surface area (Å²) in [6.45, 7) is 13.7.